The largest absolute Gasteiger partial charge is 0.380 e. The number of amidine groups is 1. The number of nitrogens with two attached hydrogens (primary N) is 1. The third-order valence-corrected chi connectivity index (χ3v) is 2.28. The molecule has 1 aromatic carbocycles. The second-order valence-corrected chi connectivity index (χ2v) is 3.58. The Bertz CT molecular complexity index is 614. The lowest BCUT2D eigenvalue weighted by molar-refractivity contribution is 0.0510. The molecule has 0 unspecified atom stereocenters. The van der Waals surface area contributed by atoms with E-state index in [2.05, 4.69) is 15.0 Å². The number of hydrogen-bond donors (Lipinski definition) is 1. The maximum Gasteiger partial charge on any atom is 0.368 e. The molecule has 2 rings (SSSR count). The van der Waals surface area contributed by atoms with Gasteiger partial charge in [-0.05, 0) is 24.3 Å². The summed E-state index contributed by atoms with van der Waals surface area (Å²) < 4.78 is 13.3. The first-order valence-electron chi connectivity index (χ1n) is 5.38. The lowest BCUT2D eigenvalue weighted by Crippen LogP contribution is -2.15. The van der Waals surface area contributed by atoms with E-state index in [1.54, 1.807) is 18.3 Å². The molecule has 0 fully saturated rings. The second kappa shape index (κ2) is 5.72. The minimum Gasteiger partial charge on any atom is -0.380 e. The highest BCUT2D eigenvalue weighted by Gasteiger charge is 2.12. The molecule has 0 amide bonds. The second-order valence-electron chi connectivity index (χ2n) is 3.58. The van der Waals surface area contributed by atoms with E-state index in [-0.39, 0.29) is 11.4 Å². The first-order chi connectivity index (χ1) is 9.18. The van der Waals surface area contributed by atoms with Crippen molar-refractivity contribution in [2.45, 2.75) is 0 Å². The fraction of sp³-hybridized carbons (Fsp3) is 0. The minimum absolute atomic E-state index is 0.0159. The van der Waals surface area contributed by atoms with Gasteiger partial charge in [0.25, 0.3) is 0 Å². The van der Waals surface area contributed by atoms with Crippen molar-refractivity contribution in [3.63, 3.8) is 0 Å². The smallest absolute Gasteiger partial charge is 0.368 e. The van der Waals surface area contributed by atoms with Crippen molar-refractivity contribution >= 4 is 11.8 Å². The van der Waals surface area contributed by atoms with Crippen molar-refractivity contribution in [1.29, 1.82) is 0 Å². The van der Waals surface area contributed by atoms with Crippen LogP contribution in [0.3, 0.4) is 0 Å². The molecule has 1 aromatic heterocycles. The minimum atomic E-state index is -0.912. The van der Waals surface area contributed by atoms with E-state index in [9.17, 15) is 9.18 Å². The quantitative estimate of drug-likeness (QED) is 0.394. The van der Waals surface area contributed by atoms with Crippen LogP contribution >= 0.6 is 0 Å². The van der Waals surface area contributed by atoms with E-state index >= 15 is 0 Å². The molecular weight excluding hydrogens is 249 g/mol. The Labute approximate surface area is 108 Å². The van der Waals surface area contributed by atoms with Crippen LogP contribution in [0.25, 0.3) is 0 Å². The molecule has 0 aliphatic carbocycles. The summed E-state index contributed by atoms with van der Waals surface area (Å²) in [4.78, 5) is 20.0. The van der Waals surface area contributed by atoms with Crippen molar-refractivity contribution in [2.75, 3.05) is 0 Å². The Morgan fingerprint density at radius 2 is 2.05 bits per heavy atom. The Kier molecular flexibility index (Phi) is 3.82. The molecule has 1 heterocycles. The number of benzene rings is 1. The van der Waals surface area contributed by atoms with Crippen LogP contribution in [0.1, 0.15) is 15.9 Å². The van der Waals surface area contributed by atoms with Crippen molar-refractivity contribution in [3.8, 4) is 0 Å². The molecule has 0 spiro atoms. The first-order valence-corrected chi connectivity index (χ1v) is 5.38. The van der Waals surface area contributed by atoms with Gasteiger partial charge in [-0.15, -0.1) is 0 Å². The Morgan fingerprint density at radius 1 is 1.26 bits per heavy atom. The molecule has 0 radical (unpaired) electrons. The SMILES string of the molecule is N/C(=N/OC(=O)c1ccccc1F)c1cccnc1. The molecule has 5 nitrogen and oxygen atoms in total. The molecule has 6 heteroatoms. The fourth-order valence-electron chi connectivity index (χ4n) is 1.33. The molecule has 0 aliphatic rings. The summed E-state index contributed by atoms with van der Waals surface area (Å²) in [6.07, 6.45) is 3.04. The molecule has 0 atom stereocenters. The fourth-order valence-corrected chi connectivity index (χ4v) is 1.33. The van der Waals surface area contributed by atoms with E-state index in [0.717, 1.165) is 6.07 Å². The van der Waals surface area contributed by atoms with E-state index in [1.807, 2.05) is 0 Å². The van der Waals surface area contributed by atoms with E-state index < -0.39 is 11.8 Å². The van der Waals surface area contributed by atoms with Crippen LogP contribution in [-0.4, -0.2) is 16.8 Å². The van der Waals surface area contributed by atoms with Gasteiger partial charge in [0, 0.05) is 18.0 Å². The Balaban J connectivity index is 2.11. The molecule has 96 valence electrons. The van der Waals surface area contributed by atoms with Crippen molar-refractivity contribution in [1.82, 2.24) is 4.98 Å². The number of aromatic nitrogens is 1. The van der Waals surface area contributed by atoms with Gasteiger partial charge in [0.15, 0.2) is 5.84 Å². The summed E-state index contributed by atoms with van der Waals surface area (Å²) in [6.45, 7) is 0. The summed E-state index contributed by atoms with van der Waals surface area (Å²) in [5, 5.41) is 3.45. The van der Waals surface area contributed by atoms with Gasteiger partial charge in [-0.2, -0.15) is 0 Å². The zero-order valence-electron chi connectivity index (χ0n) is 9.79. The highest BCUT2D eigenvalue weighted by molar-refractivity contribution is 5.97. The van der Waals surface area contributed by atoms with Gasteiger partial charge in [-0.25, -0.2) is 9.18 Å². The predicted molar refractivity (Wildman–Crippen MR) is 66.8 cm³/mol. The summed E-state index contributed by atoms with van der Waals surface area (Å²) >= 11 is 0. The van der Waals surface area contributed by atoms with Crippen molar-refractivity contribution in [3.05, 3.63) is 65.7 Å². The maximum atomic E-state index is 13.3. The number of rotatable bonds is 3. The van der Waals surface area contributed by atoms with E-state index in [4.69, 9.17) is 5.73 Å². The summed E-state index contributed by atoms with van der Waals surface area (Å²) in [7, 11) is 0. The predicted octanol–water partition coefficient (Wildman–Crippen LogP) is 1.70. The normalized spacial score (nSPS) is 11.1. The topological polar surface area (TPSA) is 77.6 Å². The highest BCUT2D eigenvalue weighted by atomic mass is 19.1. The summed E-state index contributed by atoms with van der Waals surface area (Å²) in [6, 6.07) is 8.77. The van der Waals surface area contributed by atoms with Gasteiger partial charge < -0.3 is 10.6 Å². The number of carbonyl (C=O) groups excluding carboxylic acids is 1. The molecule has 0 saturated heterocycles. The number of pyridine rings is 1. The number of hydrogen-bond acceptors (Lipinski definition) is 4. The first kappa shape index (κ1) is 12.7. The van der Waals surface area contributed by atoms with Gasteiger partial charge in [0.2, 0.25) is 0 Å². The van der Waals surface area contributed by atoms with E-state index in [1.165, 1.54) is 24.4 Å². The van der Waals surface area contributed by atoms with Crippen LogP contribution in [0.4, 0.5) is 4.39 Å². The van der Waals surface area contributed by atoms with Crippen LogP contribution in [0.5, 0.6) is 0 Å². The average molecular weight is 259 g/mol. The van der Waals surface area contributed by atoms with Crippen LogP contribution in [0, 0.1) is 5.82 Å². The molecular formula is C13H10FN3O2. The Morgan fingerprint density at radius 3 is 2.74 bits per heavy atom. The van der Waals surface area contributed by atoms with Crippen LogP contribution < -0.4 is 5.73 Å². The Hall–Kier alpha value is -2.76. The zero-order chi connectivity index (χ0) is 13.7. The van der Waals surface area contributed by atoms with Gasteiger partial charge in [0.05, 0.1) is 5.56 Å². The highest BCUT2D eigenvalue weighted by Crippen LogP contribution is 2.08. The summed E-state index contributed by atoms with van der Waals surface area (Å²) in [5.41, 5.74) is 5.90. The monoisotopic (exact) mass is 259 g/mol. The third-order valence-electron chi connectivity index (χ3n) is 2.28. The van der Waals surface area contributed by atoms with Gasteiger partial charge in [-0.1, -0.05) is 17.3 Å². The number of nitrogens with zero attached hydrogens (tertiary/aromatic N) is 2. The van der Waals surface area contributed by atoms with Crippen molar-refractivity contribution < 1.29 is 14.0 Å². The number of carbonyl (C=O) groups is 1. The third kappa shape index (κ3) is 3.12. The molecule has 19 heavy (non-hydrogen) atoms. The molecule has 2 N–H and O–H groups in total. The van der Waals surface area contributed by atoms with Crippen molar-refractivity contribution in [2.24, 2.45) is 10.9 Å². The zero-order valence-corrected chi connectivity index (χ0v) is 9.79. The van der Waals surface area contributed by atoms with Gasteiger partial charge in [0.1, 0.15) is 5.82 Å². The van der Waals surface area contributed by atoms with E-state index in [0.29, 0.717) is 5.56 Å². The summed E-state index contributed by atoms with van der Waals surface area (Å²) in [5.74, 6) is -1.61. The maximum absolute atomic E-state index is 13.3. The van der Waals surface area contributed by atoms with Crippen LogP contribution in [-0.2, 0) is 4.84 Å². The van der Waals surface area contributed by atoms with Gasteiger partial charge in [-0.3, -0.25) is 4.98 Å². The lowest BCUT2D eigenvalue weighted by atomic mass is 10.2. The van der Waals surface area contributed by atoms with Crippen LogP contribution in [0.15, 0.2) is 53.9 Å². The molecule has 0 bridgehead atoms. The number of halogens is 1. The molecule has 0 saturated carbocycles. The molecule has 0 aliphatic heterocycles. The van der Waals surface area contributed by atoms with Crippen LogP contribution in [0.2, 0.25) is 0 Å². The molecule has 2 aromatic rings. The lowest BCUT2D eigenvalue weighted by Gasteiger charge is -2.01. The number of oxime groups is 1. The standard InChI is InChI=1S/C13H10FN3O2/c14-11-6-2-1-5-10(11)13(18)19-17-12(15)9-4-3-7-16-8-9/h1-8H,(H2,15,17). The average Bonchev–Trinajstić information content (AvgIpc) is 2.46. The van der Waals surface area contributed by atoms with Gasteiger partial charge >= 0.3 is 5.97 Å².